The summed E-state index contributed by atoms with van der Waals surface area (Å²) in [5.74, 6) is 0. The molecule has 0 unspecified atom stereocenters. The van der Waals surface area contributed by atoms with Crippen LogP contribution in [0, 0.1) is 0 Å². The van der Waals surface area contributed by atoms with Gasteiger partial charge in [0.2, 0.25) is 0 Å². The highest BCUT2D eigenvalue weighted by Gasteiger charge is 1.94. The van der Waals surface area contributed by atoms with Gasteiger partial charge < -0.3 is 0 Å². The van der Waals surface area contributed by atoms with E-state index in [-0.39, 0.29) is 0 Å². The molecule has 1 aromatic rings. The molecular formula is C15H22. The molecule has 0 bridgehead atoms. The van der Waals surface area contributed by atoms with E-state index in [0.29, 0.717) is 0 Å². The minimum absolute atomic E-state index is 1.16. The van der Waals surface area contributed by atoms with Crippen LogP contribution in [0.1, 0.15) is 44.2 Å². The lowest BCUT2D eigenvalue weighted by molar-refractivity contribution is 0.794. The third-order valence-corrected chi connectivity index (χ3v) is 2.68. The van der Waals surface area contributed by atoms with E-state index in [0.717, 1.165) is 6.42 Å². The highest BCUT2D eigenvalue weighted by Crippen LogP contribution is 2.09. The highest BCUT2D eigenvalue weighted by molar-refractivity contribution is 5.23. The molecule has 0 fully saturated rings. The van der Waals surface area contributed by atoms with Crippen molar-refractivity contribution in [2.24, 2.45) is 0 Å². The molecule has 1 rings (SSSR count). The Hall–Kier alpha value is -1.04. The molecule has 0 spiro atoms. The zero-order valence-electron chi connectivity index (χ0n) is 10.00. The monoisotopic (exact) mass is 202 g/mol. The van der Waals surface area contributed by atoms with Crippen molar-refractivity contribution in [3.63, 3.8) is 0 Å². The van der Waals surface area contributed by atoms with Gasteiger partial charge in [0.1, 0.15) is 0 Å². The number of hydrogen-bond acceptors (Lipinski definition) is 0. The van der Waals surface area contributed by atoms with Crippen LogP contribution in [0.2, 0.25) is 0 Å². The molecule has 82 valence electrons. The first-order valence-corrected chi connectivity index (χ1v) is 6.05. The van der Waals surface area contributed by atoms with Crippen molar-refractivity contribution in [1.29, 1.82) is 0 Å². The molecule has 0 radical (unpaired) electrons. The number of aryl methyl sites for hydroxylation is 2. The number of benzene rings is 1. The van der Waals surface area contributed by atoms with Gasteiger partial charge in [-0.3, -0.25) is 0 Å². The normalized spacial score (nSPS) is 11.1. The Bertz CT molecular complexity index is 279. The molecule has 0 saturated heterocycles. The zero-order chi connectivity index (χ0) is 10.9. The van der Waals surface area contributed by atoms with E-state index in [1.165, 1.54) is 36.8 Å². The standard InChI is InChI=1S/C15H22/c1-3-5-7-9-15-12-10-14(11-13-15)8-6-4-2/h3,5,10-13H,4,6-9H2,1-2H3. The number of allylic oxidation sites excluding steroid dienone is 2. The fourth-order valence-electron chi connectivity index (χ4n) is 1.67. The molecule has 0 amide bonds. The summed E-state index contributed by atoms with van der Waals surface area (Å²) in [4.78, 5) is 0. The first-order valence-electron chi connectivity index (χ1n) is 6.05. The summed E-state index contributed by atoms with van der Waals surface area (Å²) in [5.41, 5.74) is 2.93. The van der Waals surface area contributed by atoms with Crippen LogP contribution >= 0.6 is 0 Å². The van der Waals surface area contributed by atoms with Gasteiger partial charge in [-0.2, -0.15) is 0 Å². The topological polar surface area (TPSA) is 0 Å². The van der Waals surface area contributed by atoms with Gasteiger partial charge in [-0.05, 0) is 43.7 Å². The molecule has 0 heteroatoms. The lowest BCUT2D eigenvalue weighted by Crippen LogP contribution is -1.87. The zero-order valence-corrected chi connectivity index (χ0v) is 10.00. The van der Waals surface area contributed by atoms with E-state index in [9.17, 15) is 0 Å². The molecule has 0 aromatic heterocycles. The third-order valence-electron chi connectivity index (χ3n) is 2.68. The Morgan fingerprint density at radius 3 is 2.13 bits per heavy atom. The van der Waals surface area contributed by atoms with Crippen LogP contribution in [0.4, 0.5) is 0 Å². The van der Waals surface area contributed by atoms with Gasteiger partial charge in [-0.25, -0.2) is 0 Å². The summed E-state index contributed by atoms with van der Waals surface area (Å²) in [6, 6.07) is 9.10. The van der Waals surface area contributed by atoms with Crippen LogP contribution < -0.4 is 0 Å². The van der Waals surface area contributed by atoms with Gasteiger partial charge in [0.15, 0.2) is 0 Å². The Labute approximate surface area is 94.0 Å². The predicted molar refractivity (Wildman–Crippen MR) is 68.2 cm³/mol. The van der Waals surface area contributed by atoms with E-state index in [4.69, 9.17) is 0 Å². The van der Waals surface area contributed by atoms with Gasteiger partial charge in [0.25, 0.3) is 0 Å². The summed E-state index contributed by atoms with van der Waals surface area (Å²) in [5, 5.41) is 0. The summed E-state index contributed by atoms with van der Waals surface area (Å²) in [6.45, 7) is 4.32. The number of unbranched alkanes of at least 4 members (excludes halogenated alkanes) is 1. The quantitative estimate of drug-likeness (QED) is 0.594. The van der Waals surface area contributed by atoms with Crippen LogP contribution in [0.3, 0.4) is 0 Å². The lowest BCUT2D eigenvalue weighted by atomic mass is 10.0. The Balaban J connectivity index is 2.41. The number of rotatable bonds is 6. The second kappa shape index (κ2) is 7.28. The van der Waals surface area contributed by atoms with Crippen LogP contribution in [0.5, 0.6) is 0 Å². The van der Waals surface area contributed by atoms with Gasteiger partial charge in [-0.15, -0.1) is 0 Å². The summed E-state index contributed by atoms with van der Waals surface area (Å²) in [7, 11) is 0. The molecular weight excluding hydrogens is 180 g/mol. The van der Waals surface area contributed by atoms with Crippen molar-refractivity contribution in [2.45, 2.75) is 46.0 Å². The van der Waals surface area contributed by atoms with E-state index in [2.05, 4.69) is 50.3 Å². The van der Waals surface area contributed by atoms with Gasteiger partial charge in [-0.1, -0.05) is 49.8 Å². The molecule has 15 heavy (non-hydrogen) atoms. The first-order chi connectivity index (χ1) is 7.36. The minimum atomic E-state index is 1.16. The predicted octanol–water partition coefficient (Wildman–Crippen LogP) is 4.54. The second-order valence-electron chi connectivity index (χ2n) is 4.03. The molecule has 1 aromatic carbocycles. The van der Waals surface area contributed by atoms with Crippen LogP contribution in [0.25, 0.3) is 0 Å². The average molecular weight is 202 g/mol. The van der Waals surface area contributed by atoms with Crippen molar-refractivity contribution >= 4 is 0 Å². The van der Waals surface area contributed by atoms with E-state index < -0.39 is 0 Å². The van der Waals surface area contributed by atoms with Gasteiger partial charge in [0, 0.05) is 0 Å². The molecule has 0 aliphatic rings. The van der Waals surface area contributed by atoms with E-state index in [1.54, 1.807) is 0 Å². The van der Waals surface area contributed by atoms with Crippen molar-refractivity contribution in [2.75, 3.05) is 0 Å². The second-order valence-corrected chi connectivity index (χ2v) is 4.03. The van der Waals surface area contributed by atoms with E-state index in [1.807, 2.05) is 0 Å². The Morgan fingerprint density at radius 1 is 1.00 bits per heavy atom. The summed E-state index contributed by atoms with van der Waals surface area (Å²) < 4.78 is 0. The third kappa shape index (κ3) is 4.83. The van der Waals surface area contributed by atoms with Crippen LogP contribution in [-0.4, -0.2) is 0 Å². The van der Waals surface area contributed by atoms with Crippen LogP contribution in [-0.2, 0) is 12.8 Å². The fraction of sp³-hybridized carbons (Fsp3) is 0.467. The molecule has 0 aliphatic carbocycles. The molecule has 0 N–H and O–H groups in total. The molecule has 0 heterocycles. The SMILES string of the molecule is CC=CCCc1ccc(CCCC)cc1. The van der Waals surface area contributed by atoms with Crippen LogP contribution in [0.15, 0.2) is 36.4 Å². The molecule has 0 saturated carbocycles. The van der Waals surface area contributed by atoms with E-state index >= 15 is 0 Å². The van der Waals surface area contributed by atoms with Crippen molar-refractivity contribution in [1.82, 2.24) is 0 Å². The Morgan fingerprint density at radius 2 is 1.60 bits per heavy atom. The van der Waals surface area contributed by atoms with Crippen molar-refractivity contribution in [3.8, 4) is 0 Å². The average Bonchev–Trinajstić information content (AvgIpc) is 2.28. The summed E-state index contributed by atoms with van der Waals surface area (Å²) >= 11 is 0. The maximum Gasteiger partial charge on any atom is -0.0244 e. The summed E-state index contributed by atoms with van der Waals surface area (Å²) in [6.07, 6.45) is 10.5. The molecule has 0 aliphatic heterocycles. The van der Waals surface area contributed by atoms with Crippen molar-refractivity contribution in [3.05, 3.63) is 47.5 Å². The highest BCUT2D eigenvalue weighted by atomic mass is 14.0. The smallest absolute Gasteiger partial charge is 0.0244 e. The largest absolute Gasteiger partial charge is 0.0917 e. The molecule has 0 atom stereocenters. The Kier molecular flexibility index (Phi) is 5.84. The van der Waals surface area contributed by atoms with Crippen molar-refractivity contribution < 1.29 is 0 Å². The first kappa shape index (κ1) is 12.0. The number of hydrogen-bond donors (Lipinski definition) is 0. The lowest BCUT2D eigenvalue weighted by Gasteiger charge is -2.02. The minimum Gasteiger partial charge on any atom is -0.0917 e. The molecule has 0 nitrogen and oxygen atoms in total. The maximum absolute atomic E-state index is 2.28. The maximum atomic E-state index is 2.28. The van der Waals surface area contributed by atoms with Gasteiger partial charge >= 0.3 is 0 Å². The fourth-order valence-corrected chi connectivity index (χ4v) is 1.67. The van der Waals surface area contributed by atoms with Gasteiger partial charge in [0.05, 0.1) is 0 Å².